The first kappa shape index (κ1) is 13.2. The van der Waals surface area contributed by atoms with Gasteiger partial charge in [0.05, 0.1) is 12.5 Å². The van der Waals surface area contributed by atoms with Crippen molar-refractivity contribution in [3.8, 4) is 0 Å². The number of ether oxygens (including phenoxy) is 3. The van der Waals surface area contributed by atoms with Crippen LogP contribution >= 0.6 is 0 Å². The van der Waals surface area contributed by atoms with Crippen LogP contribution in [0.1, 0.15) is 25.7 Å². The zero-order valence-corrected chi connectivity index (χ0v) is 8.44. The molecule has 1 fully saturated rings. The SMILES string of the molecule is C1CCC1.C=COC(=O)OC(=O)OC=C. The van der Waals surface area contributed by atoms with Gasteiger partial charge in [-0.3, -0.25) is 0 Å². The summed E-state index contributed by atoms with van der Waals surface area (Å²) in [5.41, 5.74) is 0. The van der Waals surface area contributed by atoms with Gasteiger partial charge in [-0.25, -0.2) is 9.59 Å². The maximum absolute atomic E-state index is 10.3. The largest absolute Gasteiger partial charge is 0.523 e. The van der Waals surface area contributed by atoms with Gasteiger partial charge in [0.15, 0.2) is 0 Å². The average Bonchev–Trinajstić information content (AvgIpc) is 2.00. The summed E-state index contributed by atoms with van der Waals surface area (Å²) in [4.78, 5) is 20.6. The molecule has 0 heterocycles. The predicted octanol–water partition coefficient (Wildman–Crippen LogP) is 3.12. The first-order chi connectivity index (χ1) is 7.20. The zero-order chi connectivity index (χ0) is 11.5. The topological polar surface area (TPSA) is 61.8 Å². The van der Waals surface area contributed by atoms with Crippen molar-refractivity contribution in [2.45, 2.75) is 25.7 Å². The van der Waals surface area contributed by atoms with Gasteiger partial charge in [-0.1, -0.05) is 38.8 Å². The summed E-state index contributed by atoms with van der Waals surface area (Å²) in [7, 11) is 0. The first-order valence-corrected chi connectivity index (χ1v) is 4.51. The third-order valence-electron chi connectivity index (χ3n) is 1.53. The van der Waals surface area contributed by atoms with Crippen LogP contribution in [0.15, 0.2) is 25.7 Å². The maximum Gasteiger partial charge on any atom is 0.523 e. The minimum atomic E-state index is -1.20. The maximum atomic E-state index is 10.3. The molecule has 0 radical (unpaired) electrons. The molecule has 1 aliphatic carbocycles. The van der Waals surface area contributed by atoms with Crippen LogP contribution in [0.4, 0.5) is 9.59 Å². The summed E-state index contributed by atoms with van der Waals surface area (Å²) >= 11 is 0. The molecule has 1 aliphatic rings. The Balaban J connectivity index is 0.000000401. The van der Waals surface area contributed by atoms with Crippen molar-refractivity contribution in [3.63, 3.8) is 0 Å². The van der Waals surface area contributed by atoms with Gasteiger partial charge < -0.3 is 14.2 Å². The van der Waals surface area contributed by atoms with E-state index < -0.39 is 12.3 Å². The molecule has 0 N–H and O–H groups in total. The van der Waals surface area contributed by atoms with E-state index in [4.69, 9.17) is 0 Å². The van der Waals surface area contributed by atoms with Gasteiger partial charge in [-0.05, 0) is 0 Å². The smallest absolute Gasteiger partial charge is 0.403 e. The van der Waals surface area contributed by atoms with Crippen molar-refractivity contribution in [1.29, 1.82) is 0 Å². The standard InChI is InChI=1S/C6H6O5.C4H8/c1-3-9-5(7)11-6(8)10-4-2;1-2-4-3-1/h3-4H,1-2H2;1-4H2. The van der Waals surface area contributed by atoms with Crippen LogP contribution in [-0.2, 0) is 14.2 Å². The number of carbonyl (C=O) groups is 2. The van der Waals surface area contributed by atoms with Crippen LogP contribution in [-0.4, -0.2) is 12.3 Å². The summed E-state index contributed by atoms with van der Waals surface area (Å²) in [5.74, 6) is 0. The minimum Gasteiger partial charge on any atom is -0.403 e. The molecule has 84 valence electrons. The van der Waals surface area contributed by atoms with Crippen LogP contribution < -0.4 is 0 Å². The summed E-state index contributed by atoms with van der Waals surface area (Å²) in [6, 6.07) is 0. The molecule has 5 heteroatoms. The Morgan fingerprint density at radius 3 is 1.40 bits per heavy atom. The van der Waals surface area contributed by atoms with Gasteiger partial charge in [0.25, 0.3) is 0 Å². The van der Waals surface area contributed by atoms with Crippen LogP contribution in [0.5, 0.6) is 0 Å². The second-order valence-corrected chi connectivity index (χ2v) is 2.59. The van der Waals surface area contributed by atoms with Gasteiger partial charge in [-0.2, -0.15) is 0 Å². The molecular formula is C10H14O5. The lowest BCUT2D eigenvalue weighted by atomic mass is 10.0. The van der Waals surface area contributed by atoms with Crippen LogP contribution in [0.3, 0.4) is 0 Å². The lowest BCUT2D eigenvalue weighted by Crippen LogP contribution is -2.10. The molecule has 0 aromatic rings. The second kappa shape index (κ2) is 8.80. The molecule has 0 aromatic heterocycles. The number of hydrogen-bond donors (Lipinski definition) is 0. The minimum absolute atomic E-state index is 0.823. The van der Waals surface area contributed by atoms with E-state index in [1.54, 1.807) is 0 Å². The van der Waals surface area contributed by atoms with Crippen molar-refractivity contribution in [1.82, 2.24) is 0 Å². The molecular weight excluding hydrogens is 200 g/mol. The highest BCUT2D eigenvalue weighted by Gasteiger charge is 2.09. The lowest BCUT2D eigenvalue weighted by molar-refractivity contribution is 0.0718. The molecule has 15 heavy (non-hydrogen) atoms. The fourth-order valence-electron chi connectivity index (χ4n) is 0.502. The summed E-state index contributed by atoms with van der Waals surface area (Å²) in [6.07, 6.45) is 5.24. The first-order valence-electron chi connectivity index (χ1n) is 4.51. The predicted molar refractivity (Wildman–Crippen MR) is 52.9 cm³/mol. The Bertz CT molecular complexity index is 206. The number of hydrogen-bond acceptors (Lipinski definition) is 5. The monoisotopic (exact) mass is 214 g/mol. The van der Waals surface area contributed by atoms with Crippen molar-refractivity contribution in [2.24, 2.45) is 0 Å². The Morgan fingerprint density at radius 2 is 1.20 bits per heavy atom. The number of rotatable bonds is 2. The Kier molecular flexibility index (Phi) is 7.76. The fourth-order valence-corrected chi connectivity index (χ4v) is 0.502. The quantitative estimate of drug-likeness (QED) is 0.401. The van der Waals surface area contributed by atoms with Crippen molar-refractivity contribution >= 4 is 12.3 Å². The number of carbonyl (C=O) groups excluding carboxylic acids is 2. The van der Waals surface area contributed by atoms with E-state index in [0.29, 0.717) is 0 Å². The van der Waals surface area contributed by atoms with Gasteiger partial charge in [-0.15, -0.1) is 0 Å². The molecule has 1 rings (SSSR count). The van der Waals surface area contributed by atoms with E-state index in [-0.39, 0.29) is 0 Å². The van der Waals surface area contributed by atoms with Gasteiger partial charge in [0.1, 0.15) is 0 Å². The normalized spacial score (nSPS) is 12.0. The molecule has 0 saturated heterocycles. The molecule has 0 spiro atoms. The third-order valence-corrected chi connectivity index (χ3v) is 1.53. The van der Waals surface area contributed by atoms with Crippen LogP contribution in [0, 0.1) is 0 Å². The fraction of sp³-hybridized carbons (Fsp3) is 0.400. The highest BCUT2D eigenvalue weighted by atomic mass is 16.8. The van der Waals surface area contributed by atoms with Gasteiger partial charge in [0.2, 0.25) is 0 Å². The van der Waals surface area contributed by atoms with E-state index >= 15 is 0 Å². The van der Waals surface area contributed by atoms with Gasteiger partial charge in [0, 0.05) is 0 Å². The van der Waals surface area contributed by atoms with E-state index in [2.05, 4.69) is 27.4 Å². The Morgan fingerprint density at radius 1 is 0.867 bits per heavy atom. The van der Waals surface area contributed by atoms with E-state index in [1.807, 2.05) is 0 Å². The second-order valence-electron chi connectivity index (χ2n) is 2.59. The molecule has 0 atom stereocenters. The summed E-state index contributed by atoms with van der Waals surface area (Å²) < 4.78 is 11.9. The molecule has 0 aromatic carbocycles. The van der Waals surface area contributed by atoms with Crippen molar-refractivity contribution in [3.05, 3.63) is 25.7 Å². The molecule has 0 amide bonds. The Hall–Kier alpha value is -1.78. The summed E-state index contributed by atoms with van der Waals surface area (Å²) in [6.45, 7) is 6.12. The van der Waals surface area contributed by atoms with Crippen LogP contribution in [0.2, 0.25) is 0 Å². The highest BCUT2D eigenvalue weighted by molar-refractivity contribution is 5.77. The third kappa shape index (κ3) is 8.55. The summed E-state index contributed by atoms with van der Waals surface area (Å²) in [5, 5.41) is 0. The van der Waals surface area contributed by atoms with E-state index in [0.717, 1.165) is 12.5 Å². The highest BCUT2D eigenvalue weighted by Crippen LogP contribution is 2.15. The van der Waals surface area contributed by atoms with E-state index in [1.165, 1.54) is 25.7 Å². The van der Waals surface area contributed by atoms with Crippen LogP contribution in [0.25, 0.3) is 0 Å². The average molecular weight is 214 g/mol. The van der Waals surface area contributed by atoms with Crippen molar-refractivity contribution < 1.29 is 23.8 Å². The van der Waals surface area contributed by atoms with Crippen molar-refractivity contribution in [2.75, 3.05) is 0 Å². The van der Waals surface area contributed by atoms with Gasteiger partial charge >= 0.3 is 12.3 Å². The molecule has 0 unspecified atom stereocenters. The zero-order valence-electron chi connectivity index (χ0n) is 8.44. The molecule has 5 nitrogen and oxygen atoms in total. The molecule has 1 saturated carbocycles. The lowest BCUT2D eigenvalue weighted by Gasteiger charge is -2.05. The Labute approximate surface area is 88.3 Å². The van der Waals surface area contributed by atoms with E-state index in [9.17, 15) is 9.59 Å². The molecule has 0 aliphatic heterocycles. The molecule has 0 bridgehead atoms.